The molecule has 9 nitrogen and oxygen atoms in total. The van der Waals surface area contributed by atoms with Crippen molar-refractivity contribution in [1.82, 2.24) is 9.21 Å². The van der Waals surface area contributed by atoms with Crippen LogP contribution in [-0.4, -0.2) is 68.2 Å². The Hall–Kier alpha value is -3.24. The van der Waals surface area contributed by atoms with Crippen LogP contribution in [0.5, 0.6) is 0 Å². The van der Waals surface area contributed by atoms with Crippen LogP contribution < -0.4 is 5.32 Å². The molecule has 2 aliphatic rings. The minimum absolute atomic E-state index is 0.0538. The lowest BCUT2D eigenvalue weighted by molar-refractivity contribution is -0.116. The molecule has 0 spiro atoms. The highest BCUT2D eigenvalue weighted by Gasteiger charge is 2.40. The molecule has 31 heavy (non-hydrogen) atoms. The Morgan fingerprint density at radius 3 is 2.42 bits per heavy atom. The van der Waals surface area contributed by atoms with Crippen molar-refractivity contribution >= 4 is 33.4 Å². The zero-order valence-electron chi connectivity index (χ0n) is 16.6. The number of nitrogens with zero attached hydrogens (tertiary/aromatic N) is 2. The number of anilines is 1. The summed E-state index contributed by atoms with van der Waals surface area (Å²) in [7, 11) is -3.97. The van der Waals surface area contributed by atoms with E-state index < -0.39 is 21.8 Å². The van der Waals surface area contributed by atoms with Crippen LogP contribution in [0.4, 0.5) is 5.69 Å². The summed E-state index contributed by atoms with van der Waals surface area (Å²) in [5, 5.41) is 2.67. The summed E-state index contributed by atoms with van der Waals surface area (Å²) in [5.74, 6) is -1.36. The Kier molecular flexibility index (Phi) is 5.75. The lowest BCUT2D eigenvalue weighted by Crippen LogP contribution is -2.41. The van der Waals surface area contributed by atoms with Gasteiger partial charge in [-0.15, -0.1) is 0 Å². The first-order valence-electron chi connectivity index (χ1n) is 9.81. The van der Waals surface area contributed by atoms with Crippen molar-refractivity contribution in [2.24, 2.45) is 0 Å². The number of amides is 3. The molecule has 2 heterocycles. The first-order chi connectivity index (χ1) is 14.9. The zero-order valence-corrected chi connectivity index (χ0v) is 17.4. The van der Waals surface area contributed by atoms with Gasteiger partial charge in [-0.05, 0) is 24.3 Å². The van der Waals surface area contributed by atoms with Crippen LogP contribution in [-0.2, 0) is 19.6 Å². The van der Waals surface area contributed by atoms with Crippen molar-refractivity contribution in [3.8, 4) is 0 Å². The molecular formula is C21H21N3O6S. The normalized spacial score (nSPS) is 17.4. The minimum atomic E-state index is -3.97. The van der Waals surface area contributed by atoms with Crippen molar-refractivity contribution in [2.75, 3.05) is 38.2 Å². The molecule has 162 valence electrons. The molecule has 10 heteroatoms. The van der Waals surface area contributed by atoms with Crippen LogP contribution in [0.3, 0.4) is 0 Å². The van der Waals surface area contributed by atoms with Gasteiger partial charge in [-0.1, -0.05) is 24.3 Å². The van der Waals surface area contributed by atoms with Gasteiger partial charge in [0, 0.05) is 26.1 Å². The van der Waals surface area contributed by atoms with Crippen molar-refractivity contribution < 1.29 is 27.5 Å². The van der Waals surface area contributed by atoms with Gasteiger partial charge in [0.1, 0.15) is 4.90 Å². The van der Waals surface area contributed by atoms with Gasteiger partial charge in [0.05, 0.1) is 30.0 Å². The van der Waals surface area contributed by atoms with E-state index in [1.165, 1.54) is 12.1 Å². The van der Waals surface area contributed by atoms with Gasteiger partial charge < -0.3 is 15.0 Å². The zero-order chi connectivity index (χ0) is 22.0. The predicted molar refractivity (Wildman–Crippen MR) is 111 cm³/mol. The number of fused-ring (bicyclic) bond motifs is 1. The molecule has 1 saturated heterocycles. The van der Waals surface area contributed by atoms with E-state index in [0.29, 0.717) is 41.9 Å². The molecule has 0 bridgehead atoms. The molecule has 1 fully saturated rings. The maximum Gasteiger partial charge on any atom is 0.269 e. The van der Waals surface area contributed by atoms with Crippen LogP contribution in [0.15, 0.2) is 53.4 Å². The summed E-state index contributed by atoms with van der Waals surface area (Å²) in [5.41, 5.74) is 0.780. The molecule has 0 aromatic heterocycles. The predicted octanol–water partition coefficient (Wildman–Crippen LogP) is 1.33. The first-order valence-corrected chi connectivity index (χ1v) is 11.3. The summed E-state index contributed by atoms with van der Waals surface area (Å²) in [6.07, 6.45) is -0.237. The maximum absolute atomic E-state index is 12.8. The molecule has 0 saturated carbocycles. The third kappa shape index (κ3) is 4.04. The van der Waals surface area contributed by atoms with E-state index in [1.807, 2.05) is 0 Å². The maximum atomic E-state index is 12.8. The van der Waals surface area contributed by atoms with Gasteiger partial charge in [0.15, 0.2) is 0 Å². The van der Waals surface area contributed by atoms with Crippen LogP contribution >= 0.6 is 0 Å². The highest BCUT2D eigenvalue weighted by atomic mass is 32.2. The molecule has 2 aromatic rings. The summed E-state index contributed by atoms with van der Waals surface area (Å²) in [6, 6.07) is 12.6. The topological polar surface area (TPSA) is 113 Å². The van der Waals surface area contributed by atoms with E-state index in [2.05, 4.69) is 5.32 Å². The second kappa shape index (κ2) is 8.48. The number of hydrogen-bond acceptors (Lipinski definition) is 6. The second-order valence-corrected chi connectivity index (χ2v) is 8.96. The summed E-state index contributed by atoms with van der Waals surface area (Å²) >= 11 is 0. The molecular weight excluding hydrogens is 422 g/mol. The van der Waals surface area contributed by atoms with E-state index in [1.54, 1.807) is 41.3 Å². The van der Waals surface area contributed by atoms with E-state index in [0.717, 1.165) is 0 Å². The minimum Gasteiger partial charge on any atom is -0.378 e. The largest absolute Gasteiger partial charge is 0.378 e. The first kappa shape index (κ1) is 21.0. The van der Waals surface area contributed by atoms with E-state index in [4.69, 9.17) is 4.74 Å². The standard InChI is InChI=1S/C21H21N3O6S/c25-19(9-10-24-21(27)16-6-2-4-8-18(16)31(24,28)29)22-17-7-3-1-5-15(17)20(26)23-11-13-30-14-12-23/h1-8H,9-14H2,(H,22,25). The molecule has 2 aromatic carbocycles. The van der Waals surface area contributed by atoms with Crippen LogP contribution in [0.1, 0.15) is 27.1 Å². The number of benzene rings is 2. The average Bonchev–Trinajstić information content (AvgIpc) is 2.98. The second-order valence-electron chi connectivity index (χ2n) is 7.13. The number of ether oxygens (including phenoxy) is 1. The van der Waals surface area contributed by atoms with Gasteiger partial charge in [0.25, 0.3) is 21.8 Å². The summed E-state index contributed by atoms with van der Waals surface area (Å²) in [4.78, 5) is 39.4. The number of hydrogen-bond donors (Lipinski definition) is 1. The molecule has 0 unspecified atom stereocenters. The van der Waals surface area contributed by atoms with Crippen molar-refractivity contribution in [3.05, 3.63) is 59.7 Å². The fourth-order valence-electron chi connectivity index (χ4n) is 3.58. The number of carbonyl (C=O) groups is 3. The van der Waals surface area contributed by atoms with Crippen LogP contribution in [0, 0.1) is 0 Å². The summed E-state index contributed by atoms with van der Waals surface area (Å²) in [6.45, 7) is 1.57. The number of rotatable bonds is 5. The Morgan fingerprint density at radius 1 is 1.00 bits per heavy atom. The highest BCUT2D eigenvalue weighted by Crippen LogP contribution is 2.30. The molecule has 0 aliphatic carbocycles. The molecule has 2 aliphatic heterocycles. The number of sulfonamides is 1. The number of morpholine rings is 1. The van der Waals surface area contributed by atoms with Gasteiger partial charge in [-0.3, -0.25) is 14.4 Å². The highest BCUT2D eigenvalue weighted by molar-refractivity contribution is 7.90. The molecule has 4 rings (SSSR count). The third-order valence-corrected chi connectivity index (χ3v) is 7.02. The fraction of sp³-hybridized carbons (Fsp3) is 0.286. The Balaban J connectivity index is 1.44. The van der Waals surface area contributed by atoms with Crippen molar-refractivity contribution in [3.63, 3.8) is 0 Å². The third-order valence-electron chi connectivity index (χ3n) is 5.18. The van der Waals surface area contributed by atoms with E-state index >= 15 is 0 Å². The van der Waals surface area contributed by atoms with Crippen LogP contribution in [0.25, 0.3) is 0 Å². The fourth-order valence-corrected chi connectivity index (χ4v) is 5.15. The Bertz CT molecular complexity index is 1140. The number of carbonyl (C=O) groups excluding carboxylic acids is 3. The smallest absolute Gasteiger partial charge is 0.269 e. The Morgan fingerprint density at radius 2 is 1.68 bits per heavy atom. The number of nitrogens with one attached hydrogen (secondary N) is 1. The average molecular weight is 443 g/mol. The molecule has 3 amide bonds. The van der Waals surface area contributed by atoms with Gasteiger partial charge >= 0.3 is 0 Å². The van der Waals surface area contributed by atoms with E-state index in [-0.39, 0.29) is 29.3 Å². The number of para-hydroxylation sites is 1. The molecule has 1 N–H and O–H groups in total. The van der Waals surface area contributed by atoms with Crippen molar-refractivity contribution in [1.29, 1.82) is 0 Å². The lowest BCUT2D eigenvalue weighted by atomic mass is 10.1. The van der Waals surface area contributed by atoms with E-state index in [9.17, 15) is 22.8 Å². The van der Waals surface area contributed by atoms with Gasteiger partial charge in [-0.25, -0.2) is 12.7 Å². The lowest BCUT2D eigenvalue weighted by Gasteiger charge is -2.27. The molecule has 0 atom stereocenters. The molecule has 0 radical (unpaired) electrons. The Labute approximate surface area is 179 Å². The monoisotopic (exact) mass is 443 g/mol. The summed E-state index contributed by atoms with van der Waals surface area (Å²) < 4.78 is 31.2. The quantitative estimate of drug-likeness (QED) is 0.746. The van der Waals surface area contributed by atoms with Crippen LogP contribution in [0.2, 0.25) is 0 Å². The van der Waals surface area contributed by atoms with Gasteiger partial charge in [-0.2, -0.15) is 0 Å². The van der Waals surface area contributed by atoms with Gasteiger partial charge in [0.2, 0.25) is 5.91 Å². The SMILES string of the molecule is O=C(CCN1C(=O)c2ccccc2S1(=O)=O)Nc1ccccc1C(=O)N1CCOCC1. The van der Waals surface area contributed by atoms with Crippen molar-refractivity contribution in [2.45, 2.75) is 11.3 Å².